The van der Waals surface area contributed by atoms with Gasteiger partial charge >= 0.3 is 0 Å². The molecule has 28 heavy (non-hydrogen) atoms. The Hall–Kier alpha value is -1.24. The zero-order valence-electron chi connectivity index (χ0n) is 17.1. The maximum absolute atomic E-state index is 6.39. The van der Waals surface area contributed by atoms with Gasteiger partial charge in [0, 0.05) is 0 Å². The topological polar surface area (TPSA) is 46.2 Å². The van der Waals surface area contributed by atoms with Gasteiger partial charge in [0.25, 0.3) is 0 Å². The highest BCUT2D eigenvalue weighted by Gasteiger charge is 2.57. The Balaban J connectivity index is 1.48. The van der Waals surface area contributed by atoms with Crippen LogP contribution < -0.4 is 0 Å². The normalized spacial score (nSPS) is 34.2. The van der Waals surface area contributed by atoms with Crippen molar-refractivity contribution < 1.29 is 23.7 Å². The molecule has 5 heteroatoms. The van der Waals surface area contributed by atoms with Crippen LogP contribution in [0.3, 0.4) is 0 Å². The van der Waals surface area contributed by atoms with Crippen molar-refractivity contribution in [3.05, 3.63) is 41.5 Å². The Morgan fingerprint density at radius 3 is 2.64 bits per heavy atom. The van der Waals surface area contributed by atoms with Gasteiger partial charge in [-0.1, -0.05) is 62.6 Å². The Kier molecular flexibility index (Phi) is 6.18. The number of fused-ring (bicyclic) bond motifs is 3. The Morgan fingerprint density at radius 2 is 1.86 bits per heavy atom. The molecule has 0 aromatic heterocycles. The van der Waals surface area contributed by atoms with E-state index in [2.05, 4.69) is 37.3 Å². The Morgan fingerprint density at radius 1 is 1.04 bits per heavy atom. The van der Waals surface area contributed by atoms with E-state index in [1.165, 1.54) is 30.4 Å². The standard InChI is InChI=1S/C23H32O5/c1-4-5-6-10-13-17(14-16-11-8-7-9-12-16)21-24-15-18-19(26-21)20-22(25-18)28-23(2,3)27-20/h7-9,11-12,14,18-22H,4-6,10,13,15H2,1-3H3/b17-14-/t18-,19+,20-,21+,22-/m1/s1. The van der Waals surface area contributed by atoms with Crippen LogP contribution in [-0.4, -0.2) is 43.3 Å². The van der Waals surface area contributed by atoms with Gasteiger partial charge in [0.15, 0.2) is 18.4 Å². The number of hydrogen-bond donors (Lipinski definition) is 0. The summed E-state index contributed by atoms with van der Waals surface area (Å²) in [7, 11) is 0. The number of unbranched alkanes of at least 4 members (excludes halogenated alkanes) is 3. The molecule has 0 amide bonds. The maximum atomic E-state index is 6.39. The Labute approximate surface area is 167 Å². The van der Waals surface area contributed by atoms with Crippen LogP contribution in [-0.2, 0) is 23.7 Å². The molecule has 3 heterocycles. The predicted molar refractivity (Wildman–Crippen MR) is 106 cm³/mol. The van der Waals surface area contributed by atoms with Crippen molar-refractivity contribution in [2.24, 2.45) is 0 Å². The first-order chi connectivity index (χ1) is 13.6. The predicted octanol–water partition coefficient (Wildman–Crippen LogP) is 4.66. The van der Waals surface area contributed by atoms with E-state index in [1.54, 1.807) is 0 Å². The summed E-state index contributed by atoms with van der Waals surface area (Å²) in [5.74, 6) is -0.639. The van der Waals surface area contributed by atoms with Gasteiger partial charge in [-0.15, -0.1) is 0 Å². The van der Waals surface area contributed by atoms with Crippen LogP contribution in [0, 0.1) is 0 Å². The minimum Gasteiger partial charge on any atom is -0.346 e. The highest BCUT2D eigenvalue weighted by Crippen LogP contribution is 2.41. The summed E-state index contributed by atoms with van der Waals surface area (Å²) < 4.78 is 30.3. The third-order valence-corrected chi connectivity index (χ3v) is 5.55. The van der Waals surface area contributed by atoms with E-state index < -0.39 is 5.79 Å². The van der Waals surface area contributed by atoms with Gasteiger partial charge in [-0.3, -0.25) is 0 Å². The molecule has 0 radical (unpaired) electrons. The molecule has 4 rings (SSSR count). The molecule has 3 aliphatic heterocycles. The minimum atomic E-state index is -0.639. The molecule has 1 aromatic rings. The second-order valence-corrected chi connectivity index (χ2v) is 8.35. The van der Waals surface area contributed by atoms with Crippen molar-refractivity contribution in [3.63, 3.8) is 0 Å². The van der Waals surface area contributed by atoms with Crippen LogP contribution in [0.2, 0.25) is 0 Å². The molecule has 5 nitrogen and oxygen atoms in total. The van der Waals surface area contributed by atoms with E-state index in [9.17, 15) is 0 Å². The highest BCUT2D eigenvalue weighted by atomic mass is 16.9. The fourth-order valence-electron chi connectivity index (χ4n) is 4.18. The largest absolute Gasteiger partial charge is 0.346 e. The van der Waals surface area contributed by atoms with Gasteiger partial charge < -0.3 is 23.7 Å². The van der Waals surface area contributed by atoms with E-state index in [4.69, 9.17) is 23.7 Å². The monoisotopic (exact) mass is 388 g/mol. The van der Waals surface area contributed by atoms with E-state index in [0.29, 0.717) is 6.61 Å². The van der Waals surface area contributed by atoms with Gasteiger partial charge in [0.2, 0.25) is 0 Å². The van der Waals surface area contributed by atoms with E-state index in [-0.39, 0.29) is 30.9 Å². The van der Waals surface area contributed by atoms with Crippen LogP contribution in [0.5, 0.6) is 0 Å². The fraction of sp³-hybridized carbons (Fsp3) is 0.652. The van der Waals surface area contributed by atoms with Crippen molar-refractivity contribution in [1.82, 2.24) is 0 Å². The SMILES string of the molecule is CCCCCC/C(=C/c1ccccc1)[C@H]1OC[C@H]2O[C@@H]3OC(C)(C)O[C@@H]3[C@H]2O1. The van der Waals surface area contributed by atoms with Crippen molar-refractivity contribution in [1.29, 1.82) is 0 Å². The third kappa shape index (κ3) is 4.50. The van der Waals surface area contributed by atoms with Crippen molar-refractivity contribution in [3.8, 4) is 0 Å². The lowest BCUT2D eigenvalue weighted by Gasteiger charge is -2.35. The van der Waals surface area contributed by atoms with E-state index in [1.807, 2.05) is 19.9 Å². The lowest BCUT2D eigenvalue weighted by Crippen LogP contribution is -2.47. The lowest BCUT2D eigenvalue weighted by molar-refractivity contribution is -0.273. The molecule has 0 unspecified atom stereocenters. The smallest absolute Gasteiger partial charge is 0.190 e. The van der Waals surface area contributed by atoms with Crippen LogP contribution in [0.15, 0.2) is 35.9 Å². The summed E-state index contributed by atoms with van der Waals surface area (Å²) in [5.41, 5.74) is 2.35. The molecule has 5 atom stereocenters. The molecule has 154 valence electrons. The molecule has 0 bridgehead atoms. The molecule has 3 fully saturated rings. The number of benzene rings is 1. The van der Waals surface area contributed by atoms with Crippen LogP contribution >= 0.6 is 0 Å². The van der Waals surface area contributed by atoms with Gasteiger partial charge in [0.05, 0.1) is 6.61 Å². The minimum absolute atomic E-state index is 0.139. The molecule has 0 spiro atoms. The molecule has 3 aliphatic rings. The number of ether oxygens (including phenoxy) is 5. The van der Waals surface area contributed by atoms with Crippen LogP contribution in [0.4, 0.5) is 0 Å². The molecule has 0 saturated carbocycles. The van der Waals surface area contributed by atoms with Gasteiger partial charge in [0.1, 0.15) is 18.3 Å². The fourth-order valence-corrected chi connectivity index (χ4v) is 4.18. The lowest BCUT2D eigenvalue weighted by atomic mass is 10.0. The second kappa shape index (κ2) is 8.64. The summed E-state index contributed by atoms with van der Waals surface area (Å²) in [6.45, 7) is 6.55. The first kappa shape index (κ1) is 20.0. The molecular formula is C23H32O5. The third-order valence-electron chi connectivity index (χ3n) is 5.55. The van der Waals surface area contributed by atoms with Crippen molar-refractivity contribution in [2.75, 3.05) is 6.61 Å². The van der Waals surface area contributed by atoms with Gasteiger partial charge in [-0.25, -0.2) is 0 Å². The van der Waals surface area contributed by atoms with E-state index in [0.717, 1.165) is 12.8 Å². The summed E-state index contributed by atoms with van der Waals surface area (Å²) in [6, 6.07) is 10.4. The number of hydrogen-bond acceptors (Lipinski definition) is 5. The van der Waals surface area contributed by atoms with Crippen LogP contribution in [0.1, 0.15) is 58.4 Å². The first-order valence-corrected chi connectivity index (χ1v) is 10.6. The van der Waals surface area contributed by atoms with Gasteiger partial charge in [-0.05, 0) is 37.8 Å². The quantitative estimate of drug-likeness (QED) is 0.636. The summed E-state index contributed by atoms with van der Waals surface area (Å²) in [5, 5.41) is 0. The second-order valence-electron chi connectivity index (χ2n) is 8.35. The van der Waals surface area contributed by atoms with Gasteiger partial charge in [-0.2, -0.15) is 0 Å². The average Bonchev–Trinajstić information content (AvgIpc) is 3.16. The highest BCUT2D eigenvalue weighted by molar-refractivity contribution is 5.53. The average molecular weight is 389 g/mol. The first-order valence-electron chi connectivity index (χ1n) is 10.6. The zero-order chi connectivity index (χ0) is 19.6. The summed E-state index contributed by atoms with van der Waals surface area (Å²) in [6.07, 6.45) is 6.77. The summed E-state index contributed by atoms with van der Waals surface area (Å²) in [4.78, 5) is 0. The molecule has 1 aromatic carbocycles. The molecule has 0 aliphatic carbocycles. The number of rotatable bonds is 7. The molecule has 3 saturated heterocycles. The van der Waals surface area contributed by atoms with Crippen molar-refractivity contribution in [2.45, 2.75) is 89.6 Å². The molecule has 0 N–H and O–H groups in total. The summed E-state index contributed by atoms with van der Waals surface area (Å²) >= 11 is 0. The zero-order valence-corrected chi connectivity index (χ0v) is 17.1. The maximum Gasteiger partial charge on any atom is 0.190 e. The van der Waals surface area contributed by atoms with Crippen LogP contribution in [0.25, 0.3) is 6.08 Å². The Bertz CT molecular complexity index is 671. The van der Waals surface area contributed by atoms with E-state index >= 15 is 0 Å². The van der Waals surface area contributed by atoms with Crippen molar-refractivity contribution >= 4 is 6.08 Å². The molecular weight excluding hydrogens is 356 g/mol.